The fraction of sp³-hybridized carbons (Fsp3) is 0.556. The van der Waals surface area contributed by atoms with E-state index in [9.17, 15) is 18.0 Å². The molecule has 0 radical (unpaired) electrons. The van der Waals surface area contributed by atoms with Crippen molar-refractivity contribution < 1.29 is 22.5 Å². The average molecular weight is 395 g/mol. The number of nitrogens with zero attached hydrogens (tertiary/aromatic N) is 4. The van der Waals surface area contributed by atoms with Crippen LogP contribution < -0.4 is 10.2 Å². The van der Waals surface area contributed by atoms with Crippen molar-refractivity contribution in [3.8, 4) is 0 Å². The summed E-state index contributed by atoms with van der Waals surface area (Å²) in [5, 5.41) is 6.75. The summed E-state index contributed by atoms with van der Waals surface area (Å²) in [6, 6.07) is 2.58. The van der Waals surface area contributed by atoms with Crippen LogP contribution in [0.4, 0.5) is 19.0 Å². The monoisotopic (exact) mass is 395 g/mol. The second-order valence-electron chi connectivity index (χ2n) is 7.28. The summed E-state index contributed by atoms with van der Waals surface area (Å²) in [6.45, 7) is 2.43. The van der Waals surface area contributed by atoms with Gasteiger partial charge in [0, 0.05) is 37.2 Å². The molecule has 0 spiro atoms. The summed E-state index contributed by atoms with van der Waals surface area (Å²) in [4.78, 5) is 21.7. The molecule has 7 nitrogen and oxygen atoms in total. The number of nitrogens with one attached hydrogen (secondary N) is 1. The van der Waals surface area contributed by atoms with E-state index in [0.29, 0.717) is 31.8 Å². The molecule has 0 unspecified atom stereocenters. The van der Waals surface area contributed by atoms with Crippen LogP contribution in [-0.2, 0) is 6.18 Å². The van der Waals surface area contributed by atoms with Crippen LogP contribution in [0, 0.1) is 6.92 Å². The van der Waals surface area contributed by atoms with Crippen LogP contribution in [0.3, 0.4) is 0 Å². The Morgan fingerprint density at radius 1 is 1.18 bits per heavy atom. The number of aryl methyl sites for hydroxylation is 1. The number of halogens is 3. The Morgan fingerprint density at radius 3 is 2.54 bits per heavy atom. The number of hydrogen-bond donors (Lipinski definition) is 1. The van der Waals surface area contributed by atoms with E-state index in [-0.39, 0.29) is 29.3 Å². The highest BCUT2D eigenvalue weighted by Crippen LogP contribution is 2.40. The molecule has 4 rings (SSSR count). The molecule has 2 aliphatic rings. The maximum Gasteiger partial charge on any atom is 0.433 e. The van der Waals surface area contributed by atoms with Crippen LogP contribution in [0.15, 0.2) is 16.7 Å². The lowest BCUT2D eigenvalue weighted by atomic mass is 10.0. The lowest BCUT2D eigenvalue weighted by Gasteiger charge is -2.33. The summed E-state index contributed by atoms with van der Waals surface area (Å²) in [7, 11) is 0. The first kappa shape index (κ1) is 18.7. The molecule has 1 amide bonds. The minimum atomic E-state index is -4.51. The molecule has 1 aliphatic heterocycles. The van der Waals surface area contributed by atoms with E-state index in [4.69, 9.17) is 4.52 Å². The Bertz CT molecular complexity index is 870. The smallest absolute Gasteiger partial charge is 0.360 e. The van der Waals surface area contributed by atoms with Crippen molar-refractivity contribution in [1.82, 2.24) is 20.4 Å². The second-order valence-corrected chi connectivity index (χ2v) is 7.28. The number of amides is 1. The summed E-state index contributed by atoms with van der Waals surface area (Å²) >= 11 is 0. The summed E-state index contributed by atoms with van der Waals surface area (Å²) in [6.07, 6.45) is -1.18. The largest absolute Gasteiger partial charge is 0.433 e. The summed E-state index contributed by atoms with van der Waals surface area (Å²) in [5.74, 6) is 1.19. The Labute approximate surface area is 159 Å². The molecule has 0 atom stereocenters. The van der Waals surface area contributed by atoms with Gasteiger partial charge in [0.15, 0.2) is 5.69 Å². The quantitative estimate of drug-likeness (QED) is 0.857. The van der Waals surface area contributed by atoms with Crippen molar-refractivity contribution in [2.75, 3.05) is 18.0 Å². The van der Waals surface area contributed by atoms with Crippen LogP contribution in [-0.4, -0.2) is 40.2 Å². The van der Waals surface area contributed by atoms with Gasteiger partial charge < -0.3 is 14.7 Å². The van der Waals surface area contributed by atoms with E-state index < -0.39 is 11.9 Å². The Hall–Kier alpha value is -2.65. The SMILES string of the molecule is Cc1nc(N2CCC(NC(=O)c3cc(C4CC4)on3)CC2)cc(C(F)(F)F)n1. The molecule has 1 saturated carbocycles. The van der Waals surface area contributed by atoms with E-state index in [1.54, 1.807) is 11.0 Å². The van der Waals surface area contributed by atoms with Gasteiger partial charge in [0.25, 0.3) is 5.91 Å². The molecule has 0 bridgehead atoms. The molecule has 2 aromatic heterocycles. The van der Waals surface area contributed by atoms with Gasteiger partial charge in [-0.05, 0) is 32.6 Å². The Kier molecular flexibility index (Phi) is 4.72. The molecule has 150 valence electrons. The van der Waals surface area contributed by atoms with Crippen LogP contribution in [0.1, 0.15) is 59.4 Å². The highest BCUT2D eigenvalue weighted by molar-refractivity contribution is 5.92. The molecular weight excluding hydrogens is 375 g/mol. The van der Waals surface area contributed by atoms with Gasteiger partial charge in [-0.25, -0.2) is 9.97 Å². The average Bonchev–Trinajstić information content (AvgIpc) is 3.37. The number of aromatic nitrogens is 3. The van der Waals surface area contributed by atoms with Gasteiger partial charge in [-0.2, -0.15) is 13.2 Å². The van der Waals surface area contributed by atoms with E-state index >= 15 is 0 Å². The maximum atomic E-state index is 13.0. The third-order valence-electron chi connectivity index (χ3n) is 5.01. The van der Waals surface area contributed by atoms with Gasteiger partial charge in [-0.3, -0.25) is 4.79 Å². The second kappa shape index (κ2) is 7.06. The molecule has 0 aromatic carbocycles. The maximum absolute atomic E-state index is 13.0. The zero-order valence-corrected chi connectivity index (χ0v) is 15.3. The summed E-state index contributed by atoms with van der Waals surface area (Å²) < 4.78 is 44.1. The minimum Gasteiger partial charge on any atom is -0.360 e. The van der Waals surface area contributed by atoms with Crippen molar-refractivity contribution in [2.45, 2.75) is 50.7 Å². The first-order valence-electron chi connectivity index (χ1n) is 9.25. The van der Waals surface area contributed by atoms with Crippen molar-refractivity contribution in [1.29, 1.82) is 0 Å². The molecule has 1 saturated heterocycles. The van der Waals surface area contributed by atoms with Crippen molar-refractivity contribution in [3.63, 3.8) is 0 Å². The first-order chi connectivity index (χ1) is 13.3. The number of piperidine rings is 1. The number of rotatable bonds is 4. The van der Waals surface area contributed by atoms with E-state index in [2.05, 4.69) is 20.4 Å². The van der Waals surface area contributed by atoms with Crippen LogP contribution in [0.25, 0.3) is 0 Å². The standard InChI is InChI=1S/C18H20F3N5O2/c1-10-22-15(18(19,20)21)9-16(23-10)26-6-4-12(5-7-26)24-17(27)13-8-14(28-25-13)11-2-3-11/h8-9,11-12H,2-7H2,1H3,(H,24,27). The third kappa shape index (κ3) is 4.10. The normalized spacial score (nSPS) is 18.4. The van der Waals surface area contributed by atoms with Crippen LogP contribution in [0.5, 0.6) is 0 Å². The fourth-order valence-corrected chi connectivity index (χ4v) is 3.33. The van der Waals surface area contributed by atoms with Gasteiger partial charge in [-0.1, -0.05) is 5.16 Å². The predicted molar refractivity (Wildman–Crippen MR) is 93.0 cm³/mol. The lowest BCUT2D eigenvalue weighted by molar-refractivity contribution is -0.141. The first-order valence-corrected chi connectivity index (χ1v) is 9.25. The van der Waals surface area contributed by atoms with Crippen LogP contribution in [0.2, 0.25) is 0 Å². The number of hydrogen-bond acceptors (Lipinski definition) is 6. The Morgan fingerprint density at radius 2 is 1.89 bits per heavy atom. The van der Waals surface area contributed by atoms with E-state index in [1.165, 1.54) is 6.92 Å². The molecule has 10 heteroatoms. The molecule has 2 aromatic rings. The molecule has 28 heavy (non-hydrogen) atoms. The number of carbonyl (C=O) groups is 1. The topological polar surface area (TPSA) is 84.2 Å². The van der Waals surface area contributed by atoms with Gasteiger partial charge in [-0.15, -0.1) is 0 Å². The van der Waals surface area contributed by atoms with Crippen LogP contribution >= 0.6 is 0 Å². The van der Waals surface area contributed by atoms with E-state index in [0.717, 1.165) is 24.7 Å². The Balaban J connectivity index is 1.35. The fourth-order valence-electron chi connectivity index (χ4n) is 3.33. The van der Waals surface area contributed by atoms with E-state index in [1.807, 2.05) is 0 Å². The number of alkyl halides is 3. The predicted octanol–water partition coefficient (Wildman–Crippen LogP) is 3.07. The third-order valence-corrected chi connectivity index (χ3v) is 5.01. The highest BCUT2D eigenvalue weighted by atomic mass is 19.4. The molecule has 2 fully saturated rings. The summed E-state index contributed by atoms with van der Waals surface area (Å²) in [5.41, 5.74) is -0.673. The zero-order chi connectivity index (χ0) is 19.9. The van der Waals surface area contributed by atoms with Gasteiger partial charge in [0.05, 0.1) is 0 Å². The zero-order valence-electron chi connectivity index (χ0n) is 15.3. The van der Waals surface area contributed by atoms with Crippen molar-refractivity contribution >= 4 is 11.7 Å². The highest BCUT2D eigenvalue weighted by Gasteiger charge is 2.34. The van der Waals surface area contributed by atoms with Gasteiger partial charge in [0.1, 0.15) is 23.1 Å². The number of anilines is 1. The molecular formula is C18H20F3N5O2. The lowest BCUT2D eigenvalue weighted by Crippen LogP contribution is -2.45. The van der Waals surface area contributed by atoms with Crippen molar-refractivity contribution in [3.05, 3.63) is 35.1 Å². The van der Waals surface area contributed by atoms with Gasteiger partial charge in [0.2, 0.25) is 0 Å². The molecule has 1 aliphatic carbocycles. The minimum absolute atomic E-state index is 0.0742. The number of carbonyl (C=O) groups excluding carboxylic acids is 1. The molecule has 1 N–H and O–H groups in total. The van der Waals surface area contributed by atoms with Gasteiger partial charge >= 0.3 is 6.18 Å². The van der Waals surface area contributed by atoms with Crippen molar-refractivity contribution in [2.24, 2.45) is 0 Å². The molecule has 3 heterocycles.